The van der Waals surface area contributed by atoms with E-state index < -0.39 is 4.92 Å². The Hall–Kier alpha value is -1.62. The van der Waals surface area contributed by atoms with Crippen LogP contribution in [-0.2, 0) is 6.42 Å². The van der Waals surface area contributed by atoms with E-state index in [4.69, 9.17) is 11.1 Å². The molecule has 3 N–H and O–H groups in total. The van der Waals surface area contributed by atoms with Gasteiger partial charge < -0.3 is 5.73 Å². The number of nitro benzene ring substituents is 1. The number of rotatable bonds is 3. The summed E-state index contributed by atoms with van der Waals surface area (Å²) < 4.78 is 0. The molecule has 76 valence electrons. The Labute approximate surface area is 87.0 Å². The summed E-state index contributed by atoms with van der Waals surface area (Å²) in [6.45, 7) is 0. The highest BCUT2D eigenvalue weighted by molar-refractivity contribution is 5.85. The molecule has 6 heteroatoms. The van der Waals surface area contributed by atoms with Gasteiger partial charge in [0.15, 0.2) is 0 Å². The van der Waals surface area contributed by atoms with Crippen molar-refractivity contribution < 1.29 is 4.92 Å². The number of amidine groups is 1. The van der Waals surface area contributed by atoms with Gasteiger partial charge in [-0.3, -0.25) is 15.5 Å². The SMILES string of the molecule is Cl.N=C(N)Cc1ccccc1[N+](=O)[O-]. The van der Waals surface area contributed by atoms with Crippen LogP contribution in [0.25, 0.3) is 0 Å². The van der Waals surface area contributed by atoms with Crippen LogP contribution in [0.1, 0.15) is 5.56 Å². The van der Waals surface area contributed by atoms with E-state index in [0.29, 0.717) is 5.56 Å². The number of nitrogens with two attached hydrogens (primary N) is 1. The molecule has 0 fully saturated rings. The zero-order chi connectivity index (χ0) is 9.84. The lowest BCUT2D eigenvalue weighted by Crippen LogP contribution is -2.13. The van der Waals surface area contributed by atoms with E-state index in [1.54, 1.807) is 18.2 Å². The van der Waals surface area contributed by atoms with Gasteiger partial charge in [0.1, 0.15) is 0 Å². The van der Waals surface area contributed by atoms with Crippen LogP contribution in [0, 0.1) is 15.5 Å². The van der Waals surface area contributed by atoms with Gasteiger partial charge >= 0.3 is 0 Å². The number of benzene rings is 1. The minimum atomic E-state index is -0.474. The van der Waals surface area contributed by atoms with Crippen LogP contribution in [0.15, 0.2) is 24.3 Å². The molecule has 5 nitrogen and oxygen atoms in total. The maximum Gasteiger partial charge on any atom is 0.273 e. The van der Waals surface area contributed by atoms with Crippen molar-refractivity contribution in [1.29, 1.82) is 5.41 Å². The largest absolute Gasteiger partial charge is 0.387 e. The average molecular weight is 216 g/mol. The number of hydrogen-bond acceptors (Lipinski definition) is 3. The molecule has 0 aliphatic rings. The van der Waals surface area contributed by atoms with Gasteiger partial charge in [-0.05, 0) is 0 Å². The highest BCUT2D eigenvalue weighted by Crippen LogP contribution is 2.17. The Balaban J connectivity index is 0.00000169. The quantitative estimate of drug-likeness (QED) is 0.346. The lowest BCUT2D eigenvalue weighted by atomic mass is 10.1. The molecule has 1 aromatic carbocycles. The van der Waals surface area contributed by atoms with Gasteiger partial charge in [-0.2, -0.15) is 0 Å². The Morgan fingerprint density at radius 2 is 2.07 bits per heavy atom. The standard InChI is InChI=1S/C8H9N3O2.ClH/c9-8(10)5-6-3-1-2-4-7(6)11(12)13;/h1-4H,5H2,(H3,9,10);1H. The highest BCUT2D eigenvalue weighted by Gasteiger charge is 2.12. The molecule has 0 aliphatic heterocycles. The van der Waals surface area contributed by atoms with Crippen molar-refractivity contribution >= 4 is 23.9 Å². The molecule has 1 rings (SSSR count). The van der Waals surface area contributed by atoms with Crippen LogP contribution in [0.4, 0.5) is 5.69 Å². The smallest absolute Gasteiger partial charge is 0.273 e. The number of nitrogens with zero attached hydrogens (tertiary/aromatic N) is 1. The van der Waals surface area contributed by atoms with Crippen molar-refractivity contribution in [3.63, 3.8) is 0 Å². The van der Waals surface area contributed by atoms with Crippen molar-refractivity contribution in [3.05, 3.63) is 39.9 Å². The summed E-state index contributed by atoms with van der Waals surface area (Å²) in [4.78, 5) is 10.0. The molecule has 14 heavy (non-hydrogen) atoms. The number of hydrogen-bond donors (Lipinski definition) is 2. The monoisotopic (exact) mass is 215 g/mol. The van der Waals surface area contributed by atoms with E-state index in [2.05, 4.69) is 0 Å². The maximum absolute atomic E-state index is 10.5. The van der Waals surface area contributed by atoms with Gasteiger partial charge in [-0.25, -0.2) is 0 Å². The normalized spacial score (nSPS) is 8.86. The molecule has 0 spiro atoms. The van der Waals surface area contributed by atoms with Gasteiger partial charge in [0, 0.05) is 18.1 Å². The van der Waals surface area contributed by atoms with Gasteiger partial charge in [0.2, 0.25) is 0 Å². The number of nitrogens with one attached hydrogen (secondary N) is 1. The summed E-state index contributed by atoms with van der Waals surface area (Å²) in [5.41, 5.74) is 5.64. The van der Waals surface area contributed by atoms with Gasteiger partial charge in [0.05, 0.1) is 10.8 Å². The van der Waals surface area contributed by atoms with E-state index in [1.807, 2.05) is 0 Å². The molecule has 0 saturated heterocycles. The summed E-state index contributed by atoms with van der Waals surface area (Å²) in [5, 5.41) is 17.5. The molecule has 0 radical (unpaired) electrons. The second kappa shape index (κ2) is 5.18. The van der Waals surface area contributed by atoms with Crippen LogP contribution < -0.4 is 5.73 Å². The first-order valence-electron chi connectivity index (χ1n) is 3.66. The molecule has 0 heterocycles. The molecular weight excluding hydrogens is 206 g/mol. The predicted molar refractivity (Wildman–Crippen MR) is 56.0 cm³/mol. The zero-order valence-electron chi connectivity index (χ0n) is 7.27. The molecule has 1 aromatic rings. The number of halogens is 1. The van der Waals surface area contributed by atoms with Crippen molar-refractivity contribution in [3.8, 4) is 0 Å². The predicted octanol–water partition coefficient (Wildman–Crippen LogP) is 1.50. The third-order valence-electron chi connectivity index (χ3n) is 1.57. The van der Waals surface area contributed by atoms with Crippen molar-refractivity contribution in [1.82, 2.24) is 0 Å². The van der Waals surface area contributed by atoms with Crippen molar-refractivity contribution in [2.75, 3.05) is 0 Å². The van der Waals surface area contributed by atoms with E-state index in [-0.39, 0.29) is 30.4 Å². The molecule has 0 unspecified atom stereocenters. The molecule has 0 aromatic heterocycles. The lowest BCUT2D eigenvalue weighted by Gasteiger charge is -1.99. The van der Waals surface area contributed by atoms with Crippen LogP contribution in [0.5, 0.6) is 0 Å². The highest BCUT2D eigenvalue weighted by atomic mass is 35.5. The third kappa shape index (κ3) is 3.02. The summed E-state index contributed by atoms with van der Waals surface area (Å²) in [7, 11) is 0. The first-order chi connectivity index (χ1) is 6.11. The minimum Gasteiger partial charge on any atom is -0.387 e. The topological polar surface area (TPSA) is 93.0 Å². The Morgan fingerprint density at radius 3 is 2.57 bits per heavy atom. The van der Waals surface area contributed by atoms with E-state index in [1.165, 1.54) is 6.07 Å². The van der Waals surface area contributed by atoms with Crippen LogP contribution in [-0.4, -0.2) is 10.8 Å². The minimum absolute atomic E-state index is 0. The lowest BCUT2D eigenvalue weighted by molar-refractivity contribution is -0.385. The first kappa shape index (κ1) is 12.4. The number of para-hydroxylation sites is 1. The van der Waals surface area contributed by atoms with Gasteiger partial charge in [0.25, 0.3) is 5.69 Å². The summed E-state index contributed by atoms with van der Waals surface area (Å²) in [5.74, 6) is -0.0747. The Morgan fingerprint density at radius 1 is 1.50 bits per heavy atom. The molecular formula is C8H10ClN3O2. The fraction of sp³-hybridized carbons (Fsp3) is 0.125. The zero-order valence-corrected chi connectivity index (χ0v) is 8.08. The van der Waals surface area contributed by atoms with Crippen molar-refractivity contribution in [2.45, 2.75) is 6.42 Å². The maximum atomic E-state index is 10.5. The van der Waals surface area contributed by atoms with E-state index in [9.17, 15) is 10.1 Å². The molecule has 0 bridgehead atoms. The van der Waals surface area contributed by atoms with Crippen LogP contribution in [0.3, 0.4) is 0 Å². The summed E-state index contributed by atoms with van der Waals surface area (Å²) in [6, 6.07) is 6.27. The van der Waals surface area contributed by atoms with E-state index >= 15 is 0 Å². The first-order valence-corrected chi connectivity index (χ1v) is 3.66. The molecule has 0 saturated carbocycles. The average Bonchev–Trinajstić information content (AvgIpc) is 2.03. The third-order valence-corrected chi connectivity index (χ3v) is 1.57. The fourth-order valence-corrected chi connectivity index (χ4v) is 1.04. The Bertz CT molecular complexity index is 354. The molecule has 0 atom stereocenters. The van der Waals surface area contributed by atoms with Crippen LogP contribution in [0.2, 0.25) is 0 Å². The van der Waals surface area contributed by atoms with Crippen molar-refractivity contribution in [2.24, 2.45) is 5.73 Å². The van der Waals surface area contributed by atoms with Gasteiger partial charge in [-0.1, -0.05) is 18.2 Å². The molecule has 0 amide bonds. The summed E-state index contributed by atoms with van der Waals surface area (Å²) in [6.07, 6.45) is 0.122. The Kier molecular flexibility index (Phi) is 4.58. The summed E-state index contributed by atoms with van der Waals surface area (Å²) >= 11 is 0. The molecule has 0 aliphatic carbocycles. The second-order valence-corrected chi connectivity index (χ2v) is 2.59. The van der Waals surface area contributed by atoms with Gasteiger partial charge in [-0.15, -0.1) is 12.4 Å². The van der Waals surface area contributed by atoms with Crippen LogP contribution >= 0.6 is 12.4 Å². The number of nitro groups is 1. The van der Waals surface area contributed by atoms with E-state index in [0.717, 1.165) is 0 Å². The fourth-order valence-electron chi connectivity index (χ4n) is 1.04. The second-order valence-electron chi connectivity index (χ2n) is 2.59.